The molecule has 4 aromatic rings. The predicted octanol–water partition coefficient (Wildman–Crippen LogP) is 6.41. The van der Waals surface area contributed by atoms with Gasteiger partial charge in [-0.15, -0.1) is 0 Å². The molecule has 0 aliphatic heterocycles. The van der Waals surface area contributed by atoms with Crippen molar-refractivity contribution in [3.05, 3.63) is 101 Å². The molecular formula is C27H27FN2O. The Morgan fingerprint density at radius 3 is 2.55 bits per heavy atom. The molecule has 4 heteroatoms. The van der Waals surface area contributed by atoms with Crippen molar-refractivity contribution in [1.29, 1.82) is 0 Å². The molecular weight excluding hydrogens is 387 g/mol. The summed E-state index contributed by atoms with van der Waals surface area (Å²) in [4.78, 5) is 12.5. The zero-order valence-electron chi connectivity index (χ0n) is 18.0. The fourth-order valence-corrected chi connectivity index (χ4v) is 4.00. The highest BCUT2D eigenvalue weighted by molar-refractivity contribution is 5.91. The van der Waals surface area contributed by atoms with E-state index in [2.05, 4.69) is 28.2 Å². The number of rotatable bonds is 7. The minimum atomic E-state index is -0.190. The van der Waals surface area contributed by atoms with Crippen molar-refractivity contribution in [1.82, 2.24) is 4.57 Å². The van der Waals surface area contributed by atoms with Gasteiger partial charge in [0.15, 0.2) is 0 Å². The summed E-state index contributed by atoms with van der Waals surface area (Å²) in [5.74, 6) is -0.159. The molecule has 1 aromatic heterocycles. The lowest BCUT2D eigenvalue weighted by atomic mass is 10.1. The number of benzene rings is 3. The molecule has 0 atom stereocenters. The standard InChI is InChI=1S/C27H27FN2O/c1-19-9-7-14-25(20(19)2)29-27(31)16-8-11-21-17-30(26-15-6-4-12-23(21)26)18-22-10-3-5-13-24(22)28/h3-7,9-10,12-15,17H,8,11,16,18H2,1-2H3,(H,29,31). The van der Waals surface area contributed by atoms with Crippen molar-refractivity contribution in [2.45, 2.75) is 39.7 Å². The largest absolute Gasteiger partial charge is 0.343 e. The molecule has 0 aliphatic rings. The van der Waals surface area contributed by atoms with Crippen LogP contribution in [0.5, 0.6) is 0 Å². The number of amides is 1. The second-order valence-corrected chi connectivity index (χ2v) is 8.04. The van der Waals surface area contributed by atoms with Crippen LogP contribution in [0.4, 0.5) is 10.1 Å². The third-order valence-corrected chi connectivity index (χ3v) is 5.90. The zero-order chi connectivity index (χ0) is 21.8. The molecule has 31 heavy (non-hydrogen) atoms. The second kappa shape index (κ2) is 9.17. The van der Waals surface area contributed by atoms with Gasteiger partial charge in [-0.05, 0) is 61.6 Å². The molecule has 3 aromatic carbocycles. The van der Waals surface area contributed by atoms with Gasteiger partial charge in [0, 0.05) is 34.8 Å². The van der Waals surface area contributed by atoms with Crippen LogP contribution in [0.2, 0.25) is 0 Å². The Balaban J connectivity index is 1.44. The summed E-state index contributed by atoms with van der Waals surface area (Å²) in [7, 11) is 0. The summed E-state index contributed by atoms with van der Waals surface area (Å²) >= 11 is 0. The minimum absolute atomic E-state index is 0.0313. The summed E-state index contributed by atoms with van der Waals surface area (Å²) in [6.45, 7) is 4.55. The van der Waals surface area contributed by atoms with Crippen molar-refractivity contribution in [3.63, 3.8) is 0 Å². The van der Waals surface area contributed by atoms with Crippen LogP contribution in [0.1, 0.15) is 35.1 Å². The number of nitrogens with one attached hydrogen (secondary N) is 1. The van der Waals surface area contributed by atoms with Crippen LogP contribution in [0.25, 0.3) is 10.9 Å². The third-order valence-electron chi connectivity index (χ3n) is 5.90. The van der Waals surface area contributed by atoms with E-state index in [9.17, 15) is 9.18 Å². The fourth-order valence-electron chi connectivity index (χ4n) is 4.00. The van der Waals surface area contributed by atoms with Crippen LogP contribution >= 0.6 is 0 Å². The van der Waals surface area contributed by atoms with Gasteiger partial charge < -0.3 is 9.88 Å². The van der Waals surface area contributed by atoms with Crippen molar-refractivity contribution < 1.29 is 9.18 Å². The van der Waals surface area contributed by atoms with Gasteiger partial charge in [-0.3, -0.25) is 4.79 Å². The zero-order valence-corrected chi connectivity index (χ0v) is 18.0. The highest BCUT2D eigenvalue weighted by Gasteiger charge is 2.11. The lowest BCUT2D eigenvalue weighted by Gasteiger charge is -2.10. The van der Waals surface area contributed by atoms with Crippen molar-refractivity contribution in [2.24, 2.45) is 0 Å². The molecule has 158 valence electrons. The quantitative estimate of drug-likeness (QED) is 0.373. The van der Waals surface area contributed by atoms with Crippen LogP contribution in [0.15, 0.2) is 72.9 Å². The molecule has 0 radical (unpaired) electrons. The molecule has 0 fully saturated rings. The van der Waals surface area contributed by atoms with E-state index in [1.807, 2.05) is 56.3 Å². The van der Waals surface area contributed by atoms with Crippen LogP contribution in [-0.2, 0) is 17.8 Å². The van der Waals surface area contributed by atoms with Crippen LogP contribution in [0, 0.1) is 19.7 Å². The Hall–Kier alpha value is -3.40. The maximum Gasteiger partial charge on any atom is 0.224 e. The van der Waals surface area contributed by atoms with E-state index < -0.39 is 0 Å². The topological polar surface area (TPSA) is 34.0 Å². The van der Waals surface area contributed by atoms with Gasteiger partial charge in [0.1, 0.15) is 5.82 Å². The van der Waals surface area contributed by atoms with Gasteiger partial charge in [0.2, 0.25) is 5.91 Å². The lowest BCUT2D eigenvalue weighted by Crippen LogP contribution is -2.12. The molecule has 0 saturated heterocycles. The van der Waals surface area contributed by atoms with Crippen LogP contribution in [0.3, 0.4) is 0 Å². The SMILES string of the molecule is Cc1cccc(NC(=O)CCCc2cn(Cc3ccccc3F)c3ccccc23)c1C. The maximum atomic E-state index is 14.1. The minimum Gasteiger partial charge on any atom is -0.343 e. The number of fused-ring (bicyclic) bond motifs is 1. The number of halogens is 1. The van der Waals surface area contributed by atoms with E-state index in [-0.39, 0.29) is 11.7 Å². The van der Waals surface area contributed by atoms with Gasteiger partial charge in [0.25, 0.3) is 0 Å². The monoisotopic (exact) mass is 414 g/mol. The molecule has 0 aliphatic carbocycles. The number of hydrogen-bond donors (Lipinski definition) is 1. The van der Waals surface area contributed by atoms with E-state index in [1.165, 1.54) is 17.2 Å². The maximum absolute atomic E-state index is 14.1. The molecule has 1 heterocycles. The first kappa shape index (κ1) is 20.9. The Labute approximate surface area is 182 Å². The van der Waals surface area contributed by atoms with Crippen molar-refractivity contribution >= 4 is 22.5 Å². The summed E-state index contributed by atoms with van der Waals surface area (Å²) in [5.41, 5.74) is 6.09. The van der Waals surface area contributed by atoms with E-state index >= 15 is 0 Å². The second-order valence-electron chi connectivity index (χ2n) is 8.04. The number of hydrogen-bond acceptors (Lipinski definition) is 1. The lowest BCUT2D eigenvalue weighted by molar-refractivity contribution is -0.116. The van der Waals surface area contributed by atoms with Gasteiger partial charge >= 0.3 is 0 Å². The molecule has 1 N–H and O–H groups in total. The van der Waals surface area contributed by atoms with Crippen LogP contribution in [-0.4, -0.2) is 10.5 Å². The summed E-state index contributed by atoms with van der Waals surface area (Å²) < 4.78 is 16.2. The number of carbonyl (C=O) groups excluding carboxylic acids is 1. The molecule has 4 rings (SSSR count). The van der Waals surface area contributed by atoms with E-state index in [1.54, 1.807) is 6.07 Å². The fraction of sp³-hybridized carbons (Fsp3) is 0.222. The number of carbonyl (C=O) groups is 1. The molecule has 0 spiro atoms. The highest BCUT2D eigenvalue weighted by Crippen LogP contribution is 2.25. The highest BCUT2D eigenvalue weighted by atomic mass is 19.1. The number of para-hydroxylation sites is 1. The molecule has 0 saturated carbocycles. The van der Waals surface area contributed by atoms with Gasteiger partial charge in [-0.25, -0.2) is 4.39 Å². The number of anilines is 1. The first-order chi connectivity index (χ1) is 15.0. The van der Waals surface area contributed by atoms with E-state index in [0.717, 1.165) is 35.0 Å². The Bertz CT molecular complexity index is 1230. The molecule has 0 unspecified atom stereocenters. The summed E-state index contributed by atoms with van der Waals surface area (Å²) in [6, 6.07) is 21.0. The summed E-state index contributed by atoms with van der Waals surface area (Å²) in [5, 5.41) is 4.19. The average Bonchev–Trinajstić information content (AvgIpc) is 3.11. The Morgan fingerprint density at radius 2 is 1.71 bits per heavy atom. The smallest absolute Gasteiger partial charge is 0.224 e. The van der Waals surface area contributed by atoms with Crippen molar-refractivity contribution in [3.8, 4) is 0 Å². The molecule has 1 amide bonds. The van der Waals surface area contributed by atoms with Gasteiger partial charge in [-0.1, -0.05) is 48.5 Å². The summed E-state index contributed by atoms with van der Waals surface area (Å²) in [6.07, 6.45) is 4.11. The molecule has 0 bridgehead atoms. The Kier molecular flexibility index (Phi) is 6.17. The van der Waals surface area contributed by atoms with E-state index in [4.69, 9.17) is 0 Å². The number of aryl methyl sites for hydroxylation is 2. The Morgan fingerprint density at radius 1 is 0.935 bits per heavy atom. The van der Waals surface area contributed by atoms with Crippen LogP contribution < -0.4 is 5.32 Å². The van der Waals surface area contributed by atoms with E-state index in [0.29, 0.717) is 18.5 Å². The first-order valence-electron chi connectivity index (χ1n) is 10.7. The van der Waals surface area contributed by atoms with Gasteiger partial charge in [0.05, 0.1) is 6.54 Å². The number of aromatic nitrogens is 1. The predicted molar refractivity (Wildman–Crippen MR) is 125 cm³/mol. The normalized spacial score (nSPS) is 11.1. The first-order valence-corrected chi connectivity index (χ1v) is 10.7. The molecule has 3 nitrogen and oxygen atoms in total. The number of nitrogens with zero attached hydrogens (tertiary/aromatic N) is 1. The third kappa shape index (κ3) is 4.69. The van der Waals surface area contributed by atoms with Gasteiger partial charge in [-0.2, -0.15) is 0 Å². The average molecular weight is 415 g/mol. The van der Waals surface area contributed by atoms with Crippen molar-refractivity contribution in [2.75, 3.05) is 5.32 Å².